The molecule has 34 heteroatoms. The second-order valence-corrected chi connectivity index (χ2v) is 45.0. The molecule has 8 N–H and O–H groups in total. The Hall–Kier alpha value is -8.72. The quantitative estimate of drug-likeness (QED) is 0.0248. The first-order valence-corrected chi connectivity index (χ1v) is 52.1. The molecule has 0 amide bonds. The van der Waals surface area contributed by atoms with Crippen LogP contribution in [0.15, 0.2) is 140 Å². The summed E-state index contributed by atoms with van der Waals surface area (Å²) in [6.07, 6.45) is 10.1. The number of nitrogen functional groups attached to an aromatic ring is 1. The Kier molecular flexibility index (Phi) is 31.7. The zero-order valence-corrected chi connectivity index (χ0v) is 78.9. The number of hydrogen-bond donors (Lipinski definition) is 7. The molecule has 9 heterocycles. The van der Waals surface area contributed by atoms with E-state index in [4.69, 9.17) is 54.7 Å². The van der Waals surface area contributed by atoms with Crippen LogP contribution < -0.4 is 82.5 Å². The molecule has 9 aromatic rings. The Morgan fingerprint density at radius 3 is 1.09 bits per heavy atom. The second-order valence-electron chi connectivity index (χ2n) is 34.2. The third-order valence-corrected chi connectivity index (χ3v) is 29.3. The molecule has 124 heavy (non-hydrogen) atoms. The van der Waals surface area contributed by atoms with Crippen LogP contribution in [0.25, 0.3) is 0 Å². The van der Waals surface area contributed by atoms with E-state index in [1.165, 1.54) is 51.9 Å². The number of piperazine rings is 3. The maximum Gasteiger partial charge on any atom is 0.231 e. The van der Waals surface area contributed by atoms with Crippen LogP contribution in [0.2, 0.25) is 15.1 Å². The van der Waals surface area contributed by atoms with Gasteiger partial charge < -0.3 is 94.9 Å². The van der Waals surface area contributed by atoms with Gasteiger partial charge in [-0.2, -0.15) is 19.9 Å². The zero-order chi connectivity index (χ0) is 88.0. The third-order valence-electron chi connectivity index (χ3n) is 23.7. The summed E-state index contributed by atoms with van der Waals surface area (Å²) in [6.45, 7) is 37.1. The number of hydrogen-bond acceptors (Lipinski definition) is 28. The number of nitrogens with one attached hydrogen (secondary N) is 6. The molecule has 666 valence electrons. The molecule has 0 saturated carbocycles. The monoisotopic (exact) mass is 1810 g/mol. The fourth-order valence-electron chi connectivity index (χ4n) is 16.8. The van der Waals surface area contributed by atoms with Crippen LogP contribution in [0.4, 0.5) is 92.3 Å². The first-order chi connectivity index (χ1) is 59.4. The van der Waals surface area contributed by atoms with E-state index in [0.717, 1.165) is 155 Å². The van der Waals surface area contributed by atoms with Crippen LogP contribution in [0, 0.1) is 0 Å². The topological polar surface area (TPSA) is 284 Å². The van der Waals surface area contributed by atoms with E-state index in [-0.39, 0.29) is 22.9 Å². The molecule has 28 nitrogen and oxygen atoms in total. The predicted molar refractivity (Wildman–Crippen MR) is 518 cm³/mol. The van der Waals surface area contributed by atoms with Crippen LogP contribution in [0.5, 0.6) is 17.2 Å². The third kappa shape index (κ3) is 24.7. The summed E-state index contributed by atoms with van der Waals surface area (Å²) in [6, 6.07) is 43.1. The largest absolute Gasteiger partial charge is 0.494 e. The van der Waals surface area contributed by atoms with E-state index >= 15 is 0 Å². The number of likely N-dealkylation sites (N-methyl/N-ethyl adjacent to an activating group) is 3. The van der Waals surface area contributed by atoms with Crippen molar-refractivity contribution >= 4 is 164 Å². The number of aromatic nitrogens is 6. The van der Waals surface area contributed by atoms with Gasteiger partial charge in [0.2, 0.25) is 17.8 Å². The van der Waals surface area contributed by atoms with Gasteiger partial charge >= 0.3 is 0 Å². The summed E-state index contributed by atoms with van der Waals surface area (Å²) in [4.78, 5) is 49.6. The Bertz CT molecular complexity index is 5230. The lowest BCUT2D eigenvalue weighted by Gasteiger charge is -2.42. The maximum atomic E-state index is 12.8. The van der Waals surface area contributed by atoms with Crippen molar-refractivity contribution in [1.29, 1.82) is 0 Å². The van der Waals surface area contributed by atoms with Crippen molar-refractivity contribution in [3.8, 4) is 17.2 Å². The van der Waals surface area contributed by atoms with Gasteiger partial charge in [-0.1, -0.05) is 71.2 Å². The minimum atomic E-state index is -2.55. The lowest BCUT2D eigenvalue weighted by atomic mass is 10.0. The number of nitrogens with two attached hydrogens (primary N) is 1. The number of piperidine rings is 3. The highest BCUT2D eigenvalue weighted by molar-refractivity contribution is 7.71. The SMILES string of the molecule is CC(C)Oc1cc(N2CCC(N3CCN(C)CC3)CC2)ccc1Nc1ncc(Cl)c(Nc2ccccc2P(C)(C)=O)n1.CCOc1cc(N2CCC(N3CCN(C)CC3)CC2)ccc1Nc1ncc(Cl)c(Nc2ccccc2P(C)(C)=O)n1.COc1cc(N2CCC(N3CCN(C)CC3)CC2)ccc1Nc1nc(N)c(Cl)c(Nc2ccccc2P(C)(C)=O)n1. The van der Waals surface area contributed by atoms with E-state index in [2.05, 4.69) is 157 Å². The fraction of sp³-hybridized carbons (Fsp3) is 0.467. The van der Waals surface area contributed by atoms with Gasteiger partial charge in [0, 0.05) is 187 Å². The van der Waals surface area contributed by atoms with Crippen LogP contribution >= 0.6 is 56.2 Å². The molecular weight excluding hydrogens is 1680 g/mol. The van der Waals surface area contributed by atoms with Gasteiger partial charge in [-0.05, 0) is 193 Å². The van der Waals surface area contributed by atoms with Gasteiger partial charge in [0.15, 0.2) is 17.5 Å². The molecule has 0 aliphatic carbocycles. The average Bonchev–Trinajstić information content (AvgIpc) is 0.815. The van der Waals surface area contributed by atoms with Gasteiger partial charge in [-0.15, -0.1) is 0 Å². The van der Waals surface area contributed by atoms with Crippen molar-refractivity contribution in [2.75, 3.05) is 245 Å². The zero-order valence-electron chi connectivity index (χ0n) is 74.0. The Balaban J connectivity index is 0.000000160. The van der Waals surface area contributed by atoms with E-state index in [1.54, 1.807) is 59.5 Å². The number of methoxy groups -OCH3 is 1. The smallest absolute Gasteiger partial charge is 0.231 e. The Labute approximate surface area is 747 Å². The van der Waals surface area contributed by atoms with E-state index < -0.39 is 21.4 Å². The number of ether oxygens (including phenoxy) is 3. The standard InChI is InChI=1S/C31H43ClN7O2P.C30H41ClN7O2P.C29H40ClN8O2P/c1-22(2)41-28-20-24(38-14-12-23(13-15-38)39-18-16-37(3)17-19-39)10-11-26(28)35-31-33-21-25(32)30(36-31)34-27-8-6-7-9-29(27)42(4,5)40;1-5-40-27-20-23(37-14-12-22(13-15-37)38-18-16-36(2)17-19-38)10-11-25(27)34-30-32-21-24(31)29(35-30)33-26-8-6-7-9-28(26)41(3,4)39;1-36-15-17-38(18-16-36)20-11-13-37(14-12-20)21-9-10-22(24(19-21)40-2)33-29-34-27(31)26(30)28(35-29)32-23-7-5-6-8-25(23)41(3,4)39/h6-11,20-23H,12-19H2,1-5H3,(H2,33,34,35,36);6-11,20-22H,5,12-19H2,1-4H3,(H2,32,33,34,35);5-10,19-20H,11-18H2,1-4H3,(H4,31,32,33,34,35). The normalized spacial score (nSPS) is 17.4. The summed E-state index contributed by atoms with van der Waals surface area (Å²) in [5.74, 6) is 4.52. The number of halogens is 3. The van der Waals surface area contributed by atoms with Crippen LogP contribution in [0.1, 0.15) is 59.3 Å². The molecule has 0 unspecified atom stereocenters. The molecular formula is C90H124Cl3N22O6P3. The first kappa shape index (κ1) is 92.9. The highest BCUT2D eigenvalue weighted by Gasteiger charge is 2.33. The van der Waals surface area contributed by atoms with E-state index in [9.17, 15) is 13.7 Å². The fourth-order valence-corrected chi connectivity index (χ4v) is 20.7. The number of rotatable bonds is 26. The first-order valence-electron chi connectivity index (χ1n) is 43.1. The number of nitrogens with zero attached hydrogens (tertiary/aromatic N) is 15. The highest BCUT2D eigenvalue weighted by Crippen LogP contribution is 2.44. The second kappa shape index (κ2) is 42.3. The van der Waals surface area contributed by atoms with Gasteiger partial charge in [0.25, 0.3) is 0 Å². The minimum Gasteiger partial charge on any atom is -0.494 e. The predicted octanol–water partition coefficient (Wildman–Crippen LogP) is 16.0. The summed E-state index contributed by atoms with van der Waals surface area (Å²) in [5, 5.41) is 22.7. The van der Waals surface area contributed by atoms with E-state index in [1.807, 2.05) is 118 Å². The minimum absolute atomic E-state index is 0.00223. The molecule has 0 atom stereocenters. The molecule has 3 aromatic heterocycles. The number of para-hydroxylation sites is 3. The molecule has 6 fully saturated rings. The van der Waals surface area contributed by atoms with Crippen molar-refractivity contribution in [1.82, 2.24) is 59.3 Å². The van der Waals surface area contributed by atoms with E-state index in [0.29, 0.717) is 97.9 Å². The van der Waals surface area contributed by atoms with Crippen molar-refractivity contribution < 1.29 is 27.9 Å². The van der Waals surface area contributed by atoms with Crippen molar-refractivity contribution in [3.63, 3.8) is 0 Å². The molecule has 0 spiro atoms. The van der Waals surface area contributed by atoms with Gasteiger partial charge in [0.05, 0.1) is 66.3 Å². The Morgan fingerprint density at radius 1 is 0.411 bits per heavy atom. The summed E-state index contributed by atoms with van der Waals surface area (Å²) >= 11 is 19.4. The summed E-state index contributed by atoms with van der Waals surface area (Å²) < 4.78 is 56.5. The lowest BCUT2D eigenvalue weighted by Crippen LogP contribution is -2.52. The average molecular weight is 1810 g/mol. The molecule has 15 rings (SSSR count). The number of benzene rings is 6. The van der Waals surface area contributed by atoms with Crippen LogP contribution in [-0.4, -0.2) is 276 Å². The molecule has 6 aliphatic heterocycles. The summed E-state index contributed by atoms with van der Waals surface area (Å²) in [5.41, 5.74) is 14.0. The van der Waals surface area contributed by atoms with Crippen LogP contribution in [-0.2, 0) is 13.7 Å². The van der Waals surface area contributed by atoms with Gasteiger partial charge in [-0.25, -0.2) is 9.97 Å². The lowest BCUT2D eigenvalue weighted by molar-refractivity contribution is 0.0982. The molecule has 0 bridgehead atoms. The molecule has 0 radical (unpaired) electrons. The van der Waals surface area contributed by atoms with Crippen molar-refractivity contribution in [2.24, 2.45) is 0 Å². The Morgan fingerprint density at radius 2 is 0.734 bits per heavy atom. The molecule has 6 aliphatic rings. The highest BCUT2D eigenvalue weighted by atomic mass is 35.5. The van der Waals surface area contributed by atoms with Crippen molar-refractivity contribution in [3.05, 3.63) is 155 Å². The van der Waals surface area contributed by atoms with Gasteiger partial charge in [0.1, 0.15) is 59.6 Å². The molecule has 6 saturated heterocycles. The van der Waals surface area contributed by atoms with Crippen molar-refractivity contribution in [2.45, 2.75) is 83.5 Å². The molecule has 6 aromatic carbocycles. The van der Waals surface area contributed by atoms with Crippen LogP contribution in [0.3, 0.4) is 0 Å². The number of anilines is 16. The summed E-state index contributed by atoms with van der Waals surface area (Å²) in [7, 11) is 0.704. The van der Waals surface area contributed by atoms with Gasteiger partial charge in [-0.3, -0.25) is 14.7 Å². The maximum absolute atomic E-state index is 12.8.